The molecule has 0 amide bonds. The molecule has 1 aromatic carbocycles. The number of rotatable bonds is 6. The van der Waals surface area contributed by atoms with E-state index in [0.717, 1.165) is 5.56 Å². The van der Waals surface area contributed by atoms with Gasteiger partial charge in [0.15, 0.2) is 0 Å². The van der Waals surface area contributed by atoms with Gasteiger partial charge in [0.2, 0.25) is 10.0 Å². The quantitative estimate of drug-likeness (QED) is 0.791. The third kappa shape index (κ3) is 4.50. The van der Waals surface area contributed by atoms with Crippen molar-refractivity contribution in [2.45, 2.75) is 17.4 Å². The third-order valence-corrected chi connectivity index (χ3v) is 4.61. The first-order valence-corrected chi connectivity index (χ1v) is 8.16. The number of aliphatic hydroxyl groups excluding tert-OH is 1. The van der Waals surface area contributed by atoms with Gasteiger partial charge in [0.05, 0.1) is 6.61 Å². The van der Waals surface area contributed by atoms with Crippen molar-refractivity contribution < 1.29 is 13.5 Å². The number of nitrogens with one attached hydrogen (secondary N) is 1. The number of sulfonamides is 1. The lowest BCUT2D eigenvalue weighted by molar-refractivity contribution is 0.256. The molecule has 112 valence electrons. The summed E-state index contributed by atoms with van der Waals surface area (Å²) < 4.78 is 26.9. The lowest BCUT2D eigenvalue weighted by Gasteiger charge is -2.16. The molecule has 1 aromatic heterocycles. The normalized spacial score (nSPS) is 13.0. The van der Waals surface area contributed by atoms with Crippen LogP contribution >= 0.6 is 11.6 Å². The maximum Gasteiger partial charge on any atom is 0.242 e. The SMILES string of the molecule is O=S(=O)(N[C@H](CO)Cc1ccccc1)c1ccc(Cl)nc1. The van der Waals surface area contributed by atoms with Crippen LogP contribution in [0.15, 0.2) is 53.6 Å². The van der Waals surface area contributed by atoms with Crippen LogP contribution in [0.4, 0.5) is 0 Å². The first-order chi connectivity index (χ1) is 10.0. The summed E-state index contributed by atoms with van der Waals surface area (Å²) in [5, 5.41) is 9.60. The number of halogens is 1. The van der Waals surface area contributed by atoms with Crippen molar-refractivity contribution in [2.75, 3.05) is 6.61 Å². The van der Waals surface area contributed by atoms with Crippen molar-refractivity contribution in [3.8, 4) is 0 Å². The molecular weight excluding hydrogens is 312 g/mol. The predicted molar refractivity (Wildman–Crippen MR) is 80.6 cm³/mol. The number of pyridine rings is 1. The van der Waals surface area contributed by atoms with Crippen LogP contribution in [0.1, 0.15) is 5.56 Å². The van der Waals surface area contributed by atoms with Crippen LogP contribution < -0.4 is 4.72 Å². The zero-order valence-corrected chi connectivity index (χ0v) is 12.7. The Morgan fingerprint density at radius 1 is 1.19 bits per heavy atom. The molecule has 0 spiro atoms. The summed E-state index contributed by atoms with van der Waals surface area (Å²) in [7, 11) is -3.74. The first kappa shape index (κ1) is 15.9. The van der Waals surface area contributed by atoms with Gasteiger partial charge in [0.25, 0.3) is 0 Å². The van der Waals surface area contributed by atoms with E-state index in [2.05, 4.69) is 9.71 Å². The van der Waals surface area contributed by atoms with Crippen LogP contribution in [0.2, 0.25) is 5.15 Å². The van der Waals surface area contributed by atoms with E-state index in [0.29, 0.717) is 6.42 Å². The number of nitrogens with zero attached hydrogens (tertiary/aromatic N) is 1. The summed E-state index contributed by atoms with van der Waals surface area (Å²) in [6, 6.07) is 11.5. The largest absolute Gasteiger partial charge is 0.395 e. The van der Waals surface area contributed by atoms with Crippen LogP contribution in [0, 0.1) is 0 Å². The van der Waals surface area contributed by atoms with Crippen LogP contribution in [-0.2, 0) is 16.4 Å². The summed E-state index contributed by atoms with van der Waals surface area (Å²) in [4.78, 5) is 3.76. The Kier molecular flexibility index (Phi) is 5.30. The molecule has 0 aliphatic heterocycles. The number of aromatic nitrogens is 1. The number of hydrogen-bond donors (Lipinski definition) is 2. The second-order valence-corrected chi connectivity index (χ2v) is 6.61. The molecule has 0 radical (unpaired) electrons. The van der Waals surface area contributed by atoms with Gasteiger partial charge in [0.1, 0.15) is 10.0 Å². The Bertz CT molecular complexity index is 675. The van der Waals surface area contributed by atoms with Crippen LogP contribution in [0.5, 0.6) is 0 Å². The lowest BCUT2D eigenvalue weighted by atomic mass is 10.1. The molecule has 5 nitrogen and oxygen atoms in total. The van der Waals surface area contributed by atoms with Crippen molar-refractivity contribution in [3.05, 3.63) is 59.4 Å². The molecular formula is C14H15ClN2O3S. The minimum absolute atomic E-state index is 0.0124. The highest BCUT2D eigenvalue weighted by molar-refractivity contribution is 7.89. The van der Waals surface area contributed by atoms with E-state index >= 15 is 0 Å². The van der Waals surface area contributed by atoms with Gasteiger partial charge in [-0.15, -0.1) is 0 Å². The molecule has 0 saturated heterocycles. The highest BCUT2D eigenvalue weighted by Gasteiger charge is 2.20. The molecule has 2 aromatic rings. The van der Waals surface area contributed by atoms with Gasteiger partial charge in [-0.2, -0.15) is 0 Å². The molecule has 0 saturated carbocycles. The second kappa shape index (κ2) is 7.00. The van der Waals surface area contributed by atoms with Crippen molar-refractivity contribution in [2.24, 2.45) is 0 Å². The Labute approximate surface area is 128 Å². The third-order valence-electron chi connectivity index (χ3n) is 2.88. The molecule has 0 aliphatic rings. The average molecular weight is 327 g/mol. The molecule has 1 atom stereocenters. The number of hydrogen-bond acceptors (Lipinski definition) is 4. The van der Waals surface area contributed by atoms with E-state index in [1.54, 1.807) is 0 Å². The van der Waals surface area contributed by atoms with Gasteiger partial charge in [-0.1, -0.05) is 41.9 Å². The minimum atomic E-state index is -3.74. The van der Waals surface area contributed by atoms with Gasteiger partial charge in [-0.3, -0.25) is 0 Å². The van der Waals surface area contributed by atoms with E-state index in [4.69, 9.17) is 11.6 Å². The summed E-state index contributed by atoms with van der Waals surface area (Å²) in [5.41, 5.74) is 0.938. The number of benzene rings is 1. The lowest BCUT2D eigenvalue weighted by Crippen LogP contribution is -2.39. The van der Waals surface area contributed by atoms with Gasteiger partial charge >= 0.3 is 0 Å². The first-order valence-electron chi connectivity index (χ1n) is 6.30. The zero-order valence-electron chi connectivity index (χ0n) is 11.1. The fourth-order valence-corrected chi connectivity index (χ4v) is 3.13. The molecule has 2 rings (SSSR count). The monoisotopic (exact) mass is 326 g/mol. The highest BCUT2D eigenvalue weighted by Crippen LogP contribution is 2.12. The molecule has 21 heavy (non-hydrogen) atoms. The van der Waals surface area contributed by atoms with Crippen LogP contribution in [0.3, 0.4) is 0 Å². The van der Waals surface area contributed by atoms with Crippen molar-refractivity contribution in [1.82, 2.24) is 9.71 Å². The van der Waals surface area contributed by atoms with E-state index in [-0.39, 0.29) is 16.7 Å². The highest BCUT2D eigenvalue weighted by atomic mass is 35.5. The minimum Gasteiger partial charge on any atom is -0.395 e. The van der Waals surface area contributed by atoms with Gasteiger partial charge in [0, 0.05) is 12.2 Å². The van der Waals surface area contributed by atoms with Crippen molar-refractivity contribution in [3.63, 3.8) is 0 Å². The van der Waals surface area contributed by atoms with Gasteiger partial charge in [-0.05, 0) is 24.1 Å². The molecule has 0 bridgehead atoms. The molecule has 1 heterocycles. The summed E-state index contributed by atoms with van der Waals surface area (Å²) >= 11 is 5.64. The molecule has 0 fully saturated rings. The fourth-order valence-electron chi connectivity index (χ4n) is 1.85. The molecule has 2 N–H and O–H groups in total. The van der Waals surface area contributed by atoms with E-state index in [1.807, 2.05) is 30.3 Å². The van der Waals surface area contributed by atoms with E-state index < -0.39 is 16.1 Å². The van der Waals surface area contributed by atoms with Crippen LogP contribution in [0.25, 0.3) is 0 Å². The molecule has 7 heteroatoms. The topological polar surface area (TPSA) is 79.3 Å². The molecule has 0 aliphatic carbocycles. The van der Waals surface area contributed by atoms with E-state index in [1.165, 1.54) is 18.3 Å². The Morgan fingerprint density at radius 2 is 1.90 bits per heavy atom. The summed E-state index contributed by atoms with van der Waals surface area (Å²) in [6.45, 7) is -0.296. The summed E-state index contributed by atoms with van der Waals surface area (Å²) in [5.74, 6) is 0. The maximum atomic E-state index is 12.2. The van der Waals surface area contributed by atoms with Crippen molar-refractivity contribution in [1.29, 1.82) is 0 Å². The van der Waals surface area contributed by atoms with Crippen LogP contribution in [-0.4, -0.2) is 31.2 Å². The molecule has 0 unspecified atom stereocenters. The van der Waals surface area contributed by atoms with Gasteiger partial charge in [-0.25, -0.2) is 18.1 Å². The zero-order chi connectivity index (χ0) is 15.3. The Morgan fingerprint density at radius 3 is 2.48 bits per heavy atom. The maximum absolute atomic E-state index is 12.2. The van der Waals surface area contributed by atoms with Gasteiger partial charge < -0.3 is 5.11 Å². The Balaban J connectivity index is 2.12. The smallest absolute Gasteiger partial charge is 0.242 e. The van der Waals surface area contributed by atoms with Crippen molar-refractivity contribution >= 4 is 21.6 Å². The average Bonchev–Trinajstić information content (AvgIpc) is 2.48. The second-order valence-electron chi connectivity index (χ2n) is 4.51. The Hall–Kier alpha value is -1.47. The number of aliphatic hydroxyl groups is 1. The van der Waals surface area contributed by atoms with E-state index in [9.17, 15) is 13.5 Å². The fraction of sp³-hybridized carbons (Fsp3) is 0.214. The summed E-state index contributed by atoms with van der Waals surface area (Å²) in [6.07, 6.45) is 1.58. The predicted octanol–water partition coefficient (Wildman–Crippen LogP) is 1.62. The standard InChI is InChI=1S/C14H15ClN2O3S/c15-14-7-6-13(9-16-14)21(19,20)17-12(10-18)8-11-4-2-1-3-5-11/h1-7,9,12,17-18H,8,10H2/t12-/m0/s1.